The molecule has 1 saturated heterocycles. The average molecular weight is 247 g/mol. The Hall–Kier alpha value is -1.07. The van der Waals surface area contributed by atoms with Crippen LogP contribution in [0.1, 0.15) is 12.5 Å². The molecule has 1 aliphatic heterocycles. The SMILES string of the molecule is CC1COCCN1.FC(F)(F)c1ccccc1. The first-order chi connectivity index (χ1) is 8.00. The third-order valence-corrected chi connectivity index (χ3v) is 2.21. The molecule has 0 aromatic heterocycles. The van der Waals surface area contributed by atoms with Crippen molar-refractivity contribution in [1.82, 2.24) is 5.32 Å². The van der Waals surface area contributed by atoms with E-state index in [1.54, 1.807) is 6.07 Å². The van der Waals surface area contributed by atoms with Crippen LogP contribution in [0.3, 0.4) is 0 Å². The summed E-state index contributed by atoms with van der Waals surface area (Å²) in [5, 5.41) is 3.26. The van der Waals surface area contributed by atoms with Gasteiger partial charge in [-0.3, -0.25) is 0 Å². The molecule has 96 valence electrons. The molecule has 0 bridgehead atoms. The lowest BCUT2D eigenvalue weighted by molar-refractivity contribution is -0.137. The molecule has 0 radical (unpaired) electrons. The molecule has 5 heteroatoms. The zero-order valence-corrected chi connectivity index (χ0v) is 9.63. The number of halogens is 3. The highest BCUT2D eigenvalue weighted by Crippen LogP contribution is 2.28. The quantitative estimate of drug-likeness (QED) is 0.761. The van der Waals surface area contributed by atoms with Crippen LogP contribution >= 0.6 is 0 Å². The lowest BCUT2D eigenvalue weighted by Gasteiger charge is -2.19. The highest BCUT2D eigenvalue weighted by Gasteiger charge is 2.29. The Kier molecular flexibility index (Phi) is 5.44. The van der Waals surface area contributed by atoms with Crippen molar-refractivity contribution in [3.8, 4) is 0 Å². The average Bonchev–Trinajstić information content (AvgIpc) is 2.31. The Morgan fingerprint density at radius 1 is 1.24 bits per heavy atom. The van der Waals surface area contributed by atoms with E-state index in [-0.39, 0.29) is 0 Å². The van der Waals surface area contributed by atoms with Gasteiger partial charge in [0.1, 0.15) is 0 Å². The van der Waals surface area contributed by atoms with Gasteiger partial charge in [0, 0.05) is 12.6 Å². The highest BCUT2D eigenvalue weighted by molar-refractivity contribution is 5.17. The number of hydrogen-bond donors (Lipinski definition) is 1. The monoisotopic (exact) mass is 247 g/mol. The fourth-order valence-corrected chi connectivity index (χ4v) is 1.32. The number of morpholine rings is 1. The van der Waals surface area contributed by atoms with Gasteiger partial charge in [0.25, 0.3) is 0 Å². The predicted molar refractivity (Wildman–Crippen MR) is 59.7 cm³/mol. The molecule has 0 spiro atoms. The van der Waals surface area contributed by atoms with Crippen molar-refractivity contribution in [2.24, 2.45) is 0 Å². The van der Waals surface area contributed by atoms with Crippen molar-refractivity contribution in [1.29, 1.82) is 0 Å². The smallest absolute Gasteiger partial charge is 0.379 e. The Morgan fingerprint density at radius 3 is 2.18 bits per heavy atom. The van der Waals surface area contributed by atoms with Crippen molar-refractivity contribution < 1.29 is 17.9 Å². The minimum Gasteiger partial charge on any atom is -0.379 e. The largest absolute Gasteiger partial charge is 0.416 e. The highest BCUT2D eigenvalue weighted by atomic mass is 19.4. The van der Waals surface area contributed by atoms with Gasteiger partial charge in [0.05, 0.1) is 18.8 Å². The van der Waals surface area contributed by atoms with E-state index in [2.05, 4.69) is 12.2 Å². The normalized spacial score (nSPS) is 20.4. The standard InChI is InChI=1S/C7H5F3.C5H11NO/c8-7(9,10)6-4-2-1-3-5-6;1-5-4-7-3-2-6-5/h1-5H;5-6H,2-4H2,1H3. The summed E-state index contributed by atoms with van der Waals surface area (Å²) in [5.74, 6) is 0. The van der Waals surface area contributed by atoms with Crippen LogP contribution in [0.25, 0.3) is 0 Å². The van der Waals surface area contributed by atoms with Crippen molar-refractivity contribution in [3.05, 3.63) is 35.9 Å². The summed E-state index contributed by atoms with van der Waals surface area (Å²) in [5.41, 5.74) is -0.602. The topological polar surface area (TPSA) is 21.3 Å². The van der Waals surface area contributed by atoms with Gasteiger partial charge in [-0.1, -0.05) is 30.3 Å². The van der Waals surface area contributed by atoms with Crippen LogP contribution in [0.15, 0.2) is 30.3 Å². The maximum atomic E-state index is 11.8. The van der Waals surface area contributed by atoms with E-state index in [0.717, 1.165) is 31.9 Å². The fourth-order valence-electron chi connectivity index (χ4n) is 1.32. The molecule has 1 unspecified atom stereocenters. The van der Waals surface area contributed by atoms with Crippen LogP contribution in [0.4, 0.5) is 13.2 Å². The molecular weight excluding hydrogens is 231 g/mol. The van der Waals surface area contributed by atoms with Crippen LogP contribution in [0.5, 0.6) is 0 Å². The van der Waals surface area contributed by atoms with Crippen molar-refractivity contribution in [2.75, 3.05) is 19.8 Å². The maximum Gasteiger partial charge on any atom is 0.416 e. The molecule has 0 saturated carbocycles. The van der Waals surface area contributed by atoms with E-state index in [1.165, 1.54) is 12.1 Å². The lowest BCUT2D eigenvalue weighted by Crippen LogP contribution is -2.38. The van der Waals surface area contributed by atoms with Crippen molar-refractivity contribution >= 4 is 0 Å². The molecule has 1 aliphatic rings. The summed E-state index contributed by atoms with van der Waals surface area (Å²) in [4.78, 5) is 0. The number of nitrogens with one attached hydrogen (secondary N) is 1. The Morgan fingerprint density at radius 2 is 1.88 bits per heavy atom. The first-order valence-corrected chi connectivity index (χ1v) is 5.43. The second kappa shape index (κ2) is 6.61. The maximum absolute atomic E-state index is 11.8. The summed E-state index contributed by atoms with van der Waals surface area (Å²) < 4.78 is 40.5. The number of alkyl halides is 3. The van der Waals surface area contributed by atoms with Gasteiger partial charge in [0.2, 0.25) is 0 Å². The van der Waals surface area contributed by atoms with Gasteiger partial charge in [-0.2, -0.15) is 13.2 Å². The molecule has 17 heavy (non-hydrogen) atoms. The van der Waals surface area contributed by atoms with E-state index in [0.29, 0.717) is 6.04 Å². The van der Waals surface area contributed by atoms with E-state index in [9.17, 15) is 13.2 Å². The lowest BCUT2D eigenvalue weighted by atomic mass is 10.2. The van der Waals surface area contributed by atoms with E-state index in [1.807, 2.05) is 0 Å². The molecule has 1 aromatic rings. The number of benzene rings is 1. The molecule has 2 rings (SSSR count). The summed E-state index contributed by atoms with van der Waals surface area (Å²) in [7, 11) is 0. The van der Waals surface area contributed by atoms with Crippen LogP contribution in [-0.2, 0) is 10.9 Å². The fraction of sp³-hybridized carbons (Fsp3) is 0.500. The van der Waals surface area contributed by atoms with Crippen LogP contribution in [0.2, 0.25) is 0 Å². The van der Waals surface area contributed by atoms with Crippen LogP contribution < -0.4 is 5.32 Å². The predicted octanol–water partition coefficient (Wildman–Crippen LogP) is 2.70. The third kappa shape index (κ3) is 5.70. The Labute approximate surface area is 98.8 Å². The second-order valence-corrected chi connectivity index (χ2v) is 3.79. The molecular formula is C12H16F3NO. The van der Waals surface area contributed by atoms with Gasteiger partial charge in [-0.25, -0.2) is 0 Å². The molecule has 1 heterocycles. The minimum atomic E-state index is -4.21. The van der Waals surface area contributed by atoms with Gasteiger partial charge >= 0.3 is 6.18 Å². The zero-order valence-electron chi connectivity index (χ0n) is 9.63. The molecule has 1 fully saturated rings. The Balaban J connectivity index is 0.000000181. The molecule has 1 atom stereocenters. The van der Waals surface area contributed by atoms with Gasteiger partial charge in [0.15, 0.2) is 0 Å². The second-order valence-electron chi connectivity index (χ2n) is 3.79. The van der Waals surface area contributed by atoms with E-state index in [4.69, 9.17) is 4.74 Å². The zero-order chi connectivity index (χ0) is 12.7. The Bertz CT molecular complexity index is 307. The van der Waals surface area contributed by atoms with E-state index < -0.39 is 11.7 Å². The number of rotatable bonds is 0. The first kappa shape index (κ1) is 14.0. The summed E-state index contributed by atoms with van der Waals surface area (Å²) in [6.07, 6.45) is -4.21. The van der Waals surface area contributed by atoms with Crippen molar-refractivity contribution in [3.63, 3.8) is 0 Å². The summed E-state index contributed by atoms with van der Waals surface area (Å²) >= 11 is 0. The molecule has 0 amide bonds. The van der Waals surface area contributed by atoms with Crippen molar-refractivity contribution in [2.45, 2.75) is 19.1 Å². The molecule has 0 aliphatic carbocycles. The summed E-state index contributed by atoms with van der Waals surface area (Å²) in [6, 6.07) is 6.93. The third-order valence-electron chi connectivity index (χ3n) is 2.21. The van der Waals surface area contributed by atoms with Gasteiger partial charge in [-0.05, 0) is 6.92 Å². The van der Waals surface area contributed by atoms with Crippen LogP contribution in [0, 0.1) is 0 Å². The molecule has 1 N–H and O–H groups in total. The number of ether oxygens (including phenoxy) is 1. The number of hydrogen-bond acceptors (Lipinski definition) is 2. The minimum absolute atomic E-state index is 0.564. The molecule has 2 nitrogen and oxygen atoms in total. The van der Waals surface area contributed by atoms with Gasteiger partial charge in [-0.15, -0.1) is 0 Å². The first-order valence-electron chi connectivity index (χ1n) is 5.43. The van der Waals surface area contributed by atoms with Gasteiger partial charge < -0.3 is 10.1 Å². The van der Waals surface area contributed by atoms with Crippen LogP contribution in [-0.4, -0.2) is 25.8 Å². The van der Waals surface area contributed by atoms with E-state index >= 15 is 0 Å². The molecule has 1 aromatic carbocycles. The summed E-state index contributed by atoms with van der Waals surface area (Å²) in [6.45, 7) is 4.89.